The van der Waals surface area contributed by atoms with Crippen LogP contribution in [-0.4, -0.2) is 35.5 Å². The second-order valence-corrected chi connectivity index (χ2v) is 5.85. The molecule has 2 saturated carbocycles. The molecule has 2 rings (SSSR count). The minimum atomic E-state index is -0.161. The summed E-state index contributed by atoms with van der Waals surface area (Å²) in [4.78, 5) is 0. The minimum absolute atomic E-state index is 0.161. The van der Waals surface area contributed by atoms with Crippen LogP contribution in [0, 0.1) is 11.8 Å². The Bertz CT molecular complexity index is 222. The molecule has 0 heterocycles. The van der Waals surface area contributed by atoms with E-state index in [0.717, 1.165) is 19.4 Å². The van der Waals surface area contributed by atoms with Crippen molar-refractivity contribution in [3.05, 3.63) is 0 Å². The lowest BCUT2D eigenvalue weighted by molar-refractivity contribution is 0.113. The van der Waals surface area contributed by atoms with Gasteiger partial charge < -0.3 is 15.5 Å². The van der Waals surface area contributed by atoms with Gasteiger partial charge in [-0.1, -0.05) is 25.7 Å². The van der Waals surface area contributed by atoms with Crippen LogP contribution in [0.3, 0.4) is 0 Å². The maximum atomic E-state index is 10.0. The molecule has 0 bridgehead atoms. The van der Waals surface area contributed by atoms with Crippen LogP contribution in [0.25, 0.3) is 0 Å². The van der Waals surface area contributed by atoms with Gasteiger partial charge in [-0.25, -0.2) is 0 Å². The maximum absolute atomic E-state index is 10.0. The Morgan fingerprint density at radius 2 is 1.65 bits per heavy atom. The normalized spacial score (nSPS) is 39.2. The number of rotatable bonds is 4. The second kappa shape index (κ2) is 6.72. The topological polar surface area (TPSA) is 52.5 Å². The zero-order valence-corrected chi connectivity index (χ0v) is 10.8. The Hall–Kier alpha value is -0.120. The van der Waals surface area contributed by atoms with E-state index in [-0.39, 0.29) is 12.1 Å². The molecule has 4 atom stereocenters. The van der Waals surface area contributed by atoms with E-state index in [0.29, 0.717) is 18.4 Å². The van der Waals surface area contributed by atoms with Gasteiger partial charge in [0.05, 0.1) is 6.10 Å². The average molecular weight is 241 g/mol. The summed E-state index contributed by atoms with van der Waals surface area (Å²) >= 11 is 0. The van der Waals surface area contributed by atoms with Crippen molar-refractivity contribution in [3.63, 3.8) is 0 Å². The first kappa shape index (κ1) is 13.3. The maximum Gasteiger partial charge on any atom is 0.0693 e. The van der Waals surface area contributed by atoms with Gasteiger partial charge in [-0.15, -0.1) is 0 Å². The fourth-order valence-corrected chi connectivity index (χ4v) is 3.45. The highest BCUT2D eigenvalue weighted by atomic mass is 16.3. The molecule has 0 spiro atoms. The van der Waals surface area contributed by atoms with Crippen LogP contribution in [0.4, 0.5) is 0 Å². The molecule has 17 heavy (non-hydrogen) atoms. The quantitative estimate of drug-likeness (QED) is 0.656. The Kier molecular flexibility index (Phi) is 5.26. The Morgan fingerprint density at radius 1 is 0.882 bits per heavy atom. The van der Waals surface area contributed by atoms with Crippen molar-refractivity contribution >= 4 is 0 Å². The smallest absolute Gasteiger partial charge is 0.0693 e. The average Bonchev–Trinajstić information content (AvgIpc) is 2.70. The van der Waals surface area contributed by atoms with Gasteiger partial charge in [-0.05, 0) is 44.1 Å². The molecular formula is C14H27NO2. The third kappa shape index (κ3) is 3.67. The molecule has 100 valence electrons. The van der Waals surface area contributed by atoms with Crippen molar-refractivity contribution in [2.75, 3.05) is 13.2 Å². The summed E-state index contributed by atoms with van der Waals surface area (Å²) in [7, 11) is 0. The molecule has 0 aliphatic heterocycles. The van der Waals surface area contributed by atoms with Gasteiger partial charge in [0.2, 0.25) is 0 Å². The van der Waals surface area contributed by atoms with Gasteiger partial charge in [-0.2, -0.15) is 0 Å². The molecule has 0 aromatic heterocycles. The summed E-state index contributed by atoms with van der Waals surface area (Å²) in [6.07, 6.45) is 9.24. The fourth-order valence-electron chi connectivity index (χ4n) is 3.45. The summed E-state index contributed by atoms with van der Waals surface area (Å²) in [6, 6.07) is 0.289. The largest absolute Gasteiger partial charge is 0.396 e. The molecule has 2 aliphatic carbocycles. The van der Waals surface area contributed by atoms with Crippen molar-refractivity contribution in [2.45, 2.75) is 63.5 Å². The van der Waals surface area contributed by atoms with Crippen molar-refractivity contribution < 1.29 is 10.2 Å². The Labute approximate surface area is 105 Å². The van der Waals surface area contributed by atoms with Gasteiger partial charge >= 0.3 is 0 Å². The molecule has 0 radical (unpaired) electrons. The van der Waals surface area contributed by atoms with Crippen LogP contribution >= 0.6 is 0 Å². The molecule has 2 fully saturated rings. The standard InChI is InChI=1S/C14H27NO2/c16-10-12-6-4-5-11(12)9-15-13-7-2-1-3-8-14(13)17/h11-17H,1-10H2. The zero-order valence-electron chi connectivity index (χ0n) is 10.8. The monoisotopic (exact) mass is 241 g/mol. The molecule has 0 aromatic rings. The van der Waals surface area contributed by atoms with E-state index < -0.39 is 0 Å². The Balaban J connectivity index is 1.76. The highest BCUT2D eigenvalue weighted by Gasteiger charge is 2.28. The second-order valence-electron chi connectivity index (χ2n) is 5.85. The molecule has 2 aliphatic rings. The predicted octanol–water partition coefficient (Wildman–Crippen LogP) is 1.68. The Morgan fingerprint density at radius 3 is 2.47 bits per heavy atom. The fraction of sp³-hybridized carbons (Fsp3) is 1.00. The predicted molar refractivity (Wildman–Crippen MR) is 68.8 cm³/mol. The molecular weight excluding hydrogens is 214 g/mol. The summed E-state index contributed by atoms with van der Waals surface area (Å²) in [5.41, 5.74) is 0. The third-order valence-corrected chi connectivity index (χ3v) is 4.67. The first-order valence-corrected chi connectivity index (χ1v) is 7.33. The van der Waals surface area contributed by atoms with Crippen molar-refractivity contribution in [1.29, 1.82) is 0 Å². The van der Waals surface area contributed by atoms with Crippen LogP contribution in [0.1, 0.15) is 51.4 Å². The van der Waals surface area contributed by atoms with Crippen molar-refractivity contribution in [2.24, 2.45) is 11.8 Å². The lowest BCUT2D eigenvalue weighted by Crippen LogP contribution is -2.42. The zero-order chi connectivity index (χ0) is 12.1. The van der Waals surface area contributed by atoms with Crippen molar-refractivity contribution in [3.8, 4) is 0 Å². The third-order valence-electron chi connectivity index (χ3n) is 4.67. The number of aliphatic hydroxyl groups excluding tert-OH is 2. The van der Waals surface area contributed by atoms with E-state index in [1.807, 2.05) is 0 Å². The van der Waals surface area contributed by atoms with Gasteiger partial charge in [0.15, 0.2) is 0 Å². The van der Waals surface area contributed by atoms with E-state index in [1.54, 1.807) is 0 Å². The SMILES string of the molecule is OCC1CCCC1CNC1CCCCCC1O. The van der Waals surface area contributed by atoms with Gasteiger partial charge in [0.25, 0.3) is 0 Å². The molecule has 4 unspecified atom stereocenters. The van der Waals surface area contributed by atoms with E-state index in [4.69, 9.17) is 0 Å². The highest BCUT2D eigenvalue weighted by Crippen LogP contribution is 2.31. The lowest BCUT2D eigenvalue weighted by Gasteiger charge is -2.25. The van der Waals surface area contributed by atoms with Crippen molar-refractivity contribution in [1.82, 2.24) is 5.32 Å². The number of hydrogen-bond donors (Lipinski definition) is 3. The molecule has 0 amide bonds. The van der Waals surface area contributed by atoms with E-state index in [2.05, 4.69) is 5.32 Å². The number of nitrogens with one attached hydrogen (secondary N) is 1. The molecule has 0 saturated heterocycles. The summed E-state index contributed by atoms with van der Waals surface area (Å²) in [6.45, 7) is 1.31. The van der Waals surface area contributed by atoms with Crippen LogP contribution < -0.4 is 5.32 Å². The van der Waals surface area contributed by atoms with Crippen LogP contribution in [0.2, 0.25) is 0 Å². The first-order chi connectivity index (χ1) is 8.31. The van der Waals surface area contributed by atoms with Crippen LogP contribution in [0.15, 0.2) is 0 Å². The lowest BCUT2D eigenvalue weighted by atomic mass is 9.96. The summed E-state index contributed by atoms with van der Waals surface area (Å²) in [5, 5.41) is 22.9. The highest BCUT2D eigenvalue weighted by molar-refractivity contribution is 4.83. The van der Waals surface area contributed by atoms with Gasteiger partial charge in [-0.3, -0.25) is 0 Å². The van der Waals surface area contributed by atoms with Gasteiger partial charge in [0, 0.05) is 12.6 Å². The van der Waals surface area contributed by atoms with Crippen LogP contribution in [0.5, 0.6) is 0 Å². The number of hydrogen-bond acceptors (Lipinski definition) is 3. The summed E-state index contributed by atoms with van der Waals surface area (Å²) in [5.74, 6) is 1.11. The molecule has 3 N–H and O–H groups in total. The van der Waals surface area contributed by atoms with E-state index in [1.165, 1.54) is 38.5 Å². The summed E-state index contributed by atoms with van der Waals surface area (Å²) < 4.78 is 0. The first-order valence-electron chi connectivity index (χ1n) is 7.33. The number of aliphatic hydroxyl groups is 2. The molecule has 0 aromatic carbocycles. The van der Waals surface area contributed by atoms with E-state index in [9.17, 15) is 10.2 Å². The van der Waals surface area contributed by atoms with Crippen LogP contribution in [-0.2, 0) is 0 Å². The molecule has 3 heteroatoms. The van der Waals surface area contributed by atoms with Gasteiger partial charge in [0.1, 0.15) is 0 Å². The molecule has 3 nitrogen and oxygen atoms in total. The van der Waals surface area contributed by atoms with E-state index >= 15 is 0 Å². The minimum Gasteiger partial charge on any atom is -0.396 e.